The molecule has 0 radical (unpaired) electrons. The molecule has 2 nitrogen and oxygen atoms in total. The van der Waals surface area contributed by atoms with Gasteiger partial charge in [0, 0.05) is 16.5 Å². The van der Waals surface area contributed by atoms with E-state index < -0.39 is 0 Å². The van der Waals surface area contributed by atoms with Gasteiger partial charge in [0.25, 0.3) is 0 Å². The third-order valence-corrected chi connectivity index (χ3v) is 4.70. The average molecular weight is 301 g/mol. The van der Waals surface area contributed by atoms with E-state index in [1.54, 1.807) is 0 Å². The van der Waals surface area contributed by atoms with Gasteiger partial charge in [-0.05, 0) is 43.5 Å². The molecule has 0 aromatic heterocycles. The van der Waals surface area contributed by atoms with Gasteiger partial charge in [-0.1, -0.05) is 41.4 Å². The third kappa shape index (κ3) is 2.44. The Morgan fingerprint density at radius 2 is 1.81 bits per heavy atom. The molecule has 0 amide bonds. The molecule has 0 saturated carbocycles. The fraction of sp³-hybridized carbons (Fsp3) is 0.278. The van der Waals surface area contributed by atoms with Crippen LogP contribution in [0.4, 0.5) is 0 Å². The molecule has 2 aromatic rings. The minimum atomic E-state index is -0.186. The number of aryl methyl sites for hydroxylation is 2. The van der Waals surface area contributed by atoms with Gasteiger partial charge < -0.3 is 4.74 Å². The number of rotatable bonds is 1. The Kier molecular flexibility index (Phi) is 3.50. The minimum absolute atomic E-state index is 0.0138. The molecule has 0 spiro atoms. The van der Waals surface area contributed by atoms with Crippen LogP contribution in [0.3, 0.4) is 0 Å². The van der Waals surface area contributed by atoms with Gasteiger partial charge in [-0.25, -0.2) is 0 Å². The van der Waals surface area contributed by atoms with Crippen LogP contribution < -0.4 is 4.74 Å². The van der Waals surface area contributed by atoms with Crippen LogP contribution >= 0.6 is 11.6 Å². The number of hydrogen-bond donors (Lipinski definition) is 0. The van der Waals surface area contributed by atoms with Gasteiger partial charge in [0.2, 0.25) is 0 Å². The van der Waals surface area contributed by atoms with Crippen LogP contribution in [0.1, 0.15) is 40.2 Å². The number of carbonyl (C=O) groups excluding carboxylic acids is 1. The van der Waals surface area contributed by atoms with Crippen LogP contribution in [0.15, 0.2) is 30.3 Å². The van der Waals surface area contributed by atoms with Gasteiger partial charge in [-0.3, -0.25) is 4.79 Å². The lowest BCUT2D eigenvalue weighted by Crippen LogP contribution is -2.22. The van der Waals surface area contributed by atoms with Crippen molar-refractivity contribution in [2.75, 3.05) is 0 Å². The second-order valence-electron chi connectivity index (χ2n) is 5.69. The molecule has 0 unspecified atom stereocenters. The Balaban J connectivity index is 2.19. The molecule has 1 aliphatic rings. The highest BCUT2D eigenvalue weighted by Crippen LogP contribution is 2.43. The van der Waals surface area contributed by atoms with Crippen molar-refractivity contribution in [3.63, 3.8) is 0 Å². The predicted octanol–water partition coefficient (Wildman–Crippen LogP) is 4.71. The molecular formula is C18H17ClO2. The van der Waals surface area contributed by atoms with E-state index in [4.69, 9.17) is 16.3 Å². The zero-order chi connectivity index (χ0) is 15.1. The van der Waals surface area contributed by atoms with E-state index in [0.717, 1.165) is 27.3 Å². The Labute approximate surface area is 129 Å². The zero-order valence-electron chi connectivity index (χ0n) is 12.4. The number of hydrogen-bond acceptors (Lipinski definition) is 2. The molecule has 108 valence electrons. The fourth-order valence-corrected chi connectivity index (χ4v) is 3.13. The van der Waals surface area contributed by atoms with Crippen molar-refractivity contribution < 1.29 is 9.53 Å². The average Bonchev–Trinajstić information content (AvgIpc) is 2.44. The molecule has 2 aromatic carbocycles. The summed E-state index contributed by atoms with van der Waals surface area (Å²) in [5.41, 5.74) is 5.31. The zero-order valence-corrected chi connectivity index (χ0v) is 13.1. The standard InChI is InChI=1S/C18H17ClO2/c1-10-4-6-13(7-5-10)14-9-16(20)21-15-8-11(2)18(19)12(3)17(14)15/h4-8,14H,9H2,1-3H3/t14-/m1/s1. The summed E-state index contributed by atoms with van der Waals surface area (Å²) >= 11 is 6.39. The summed E-state index contributed by atoms with van der Waals surface area (Å²) in [5, 5.41) is 0.754. The van der Waals surface area contributed by atoms with E-state index in [2.05, 4.69) is 31.2 Å². The van der Waals surface area contributed by atoms with Crippen LogP contribution in [0, 0.1) is 20.8 Å². The van der Waals surface area contributed by atoms with Gasteiger partial charge in [0.05, 0.1) is 6.42 Å². The maximum atomic E-state index is 11.9. The minimum Gasteiger partial charge on any atom is -0.426 e. The Morgan fingerprint density at radius 1 is 1.14 bits per heavy atom. The van der Waals surface area contributed by atoms with Gasteiger partial charge >= 0.3 is 5.97 Å². The maximum Gasteiger partial charge on any atom is 0.312 e. The van der Waals surface area contributed by atoms with Crippen LogP contribution in [0.5, 0.6) is 5.75 Å². The number of ether oxygens (including phenoxy) is 1. The number of esters is 1. The van der Waals surface area contributed by atoms with Crippen molar-refractivity contribution >= 4 is 17.6 Å². The third-order valence-electron chi connectivity index (χ3n) is 4.12. The molecule has 1 aliphatic heterocycles. The smallest absolute Gasteiger partial charge is 0.312 e. The Hall–Kier alpha value is -1.80. The molecule has 0 N–H and O–H groups in total. The largest absolute Gasteiger partial charge is 0.426 e. The van der Waals surface area contributed by atoms with Crippen LogP contribution in [-0.2, 0) is 4.79 Å². The summed E-state index contributed by atoms with van der Waals surface area (Å²) in [4.78, 5) is 11.9. The topological polar surface area (TPSA) is 26.3 Å². The second-order valence-corrected chi connectivity index (χ2v) is 6.06. The highest BCUT2D eigenvalue weighted by Gasteiger charge is 2.31. The highest BCUT2D eigenvalue weighted by atomic mass is 35.5. The Morgan fingerprint density at radius 3 is 2.48 bits per heavy atom. The first kappa shape index (κ1) is 14.2. The molecule has 3 heteroatoms. The van der Waals surface area contributed by atoms with Crippen molar-refractivity contribution in [3.8, 4) is 5.75 Å². The lowest BCUT2D eigenvalue weighted by Gasteiger charge is -2.28. The van der Waals surface area contributed by atoms with Gasteiger partial charge in [0.15, 0.2) is 0 Å². The molecule has 0 bridgehead atoms. The summed E-state index contributed by atoms with van der Waals surface area (Å²) < 4.78 is 5.43. The van der Waals surface area contributed by atoms with Crippen molar-refractivity contribution in [2.24, 2.45) is 0 Å². The van der Waals surface area contributed by atoms with Crippen molar-refractivity contribution in [2.45, 2.75) is 33.1 Å². The number of halogens is 1. The van der Waals surface area contributed by atoms with Crippen molar-refractivity contribution in [3.05, 3.63) is 63.2 Å². The van der Waals surface area contributed by atoms with Gasteiger partial charge in [0.1, 0.15) is 5.75 Å². The summed E-state index contributed by atoms with van der Waals surface area (Å²) in [5.74, 6) is 0.477. The van der Waals surface area contributed by atoms with Crippen LogP contribution in [-0.4, -0.2) is 5.97 Å². The SMILES string of the molecule is Cc1ccc([C@H]2CC(=O)Oc3cc(C)c(Cl)c(C)c32)cc1. The summed E-state index contributed by atoms with van der Waals surface area (Å²) in [6.07, 6.45) is 0.357. The van der Waals surface area contributed by atoms with E-state index in [1.165, 1.54) is 5.56 Å². The van der Waals surface area contributed by atoms with Crippen molar-refractivity contribution in [1.82, 2.24) is 0 Å². The fourth-order valence-electron chi connectivity index (χ4n) is 2.97. The molecule has 3 rings (SSSR count). The number of fused-ring (bicyclic) bond motifs is 1. The molecule has 1 atom stereocenters. The van der Waals surface area contributed by atoms with E-state index in [-0.39, 0.29) is 11.9 Å². The number of carbonyl (C=O) groups is 1. The van der Waals surface area contributed by atoms with Gasteiger partial charge in [-0.15, -0.1) is 0 Å². The van der Waals surface area contributed by atoms with Crippen LogP contribution in [0.2, 0.25) is 5.02 Å². The predicted molar refractivity (Wildman–Crippen MR) is 84.2 cm³/mol. The highest BCUT2D eigenvalue weighted by molar-refractivity contribution is 6.32. The van der Waals surface area contributed by atoms with Gasteiger partial charge in [-0.2, -0.15) is 0 Å². The lowest BCUT2D eigenvalue weighted by atomic mass is 9.83. The summed E-state index contributed by atoms with van der Waals surface area (Å²) in [6, 6.07) is 10.2. The molecule has 0 aliphatic carbocycles. The van der Waals surface area contributed by atoms with E-state index >= 15 is 0 Å². The van der Waals surface area contributed by atoms with Crippen LogP contribution in [0.25, 0.3) is 0 Å². The second kappa shape index (κ2) is 5.19. The summed E-state index contributed by atoms with van der Waals surface area (Å²) in [6.45, 7) is 5.98. The molecule has 1 heterocycles. The maximum absolute atomic E-state index is 11.9. The molecular weight excluding hydrogens is 284 g/mol. The quantitative estimate of drug-likeness (QED) is 0.563. The number of benzene rings is 2. The normalized spacial score (nSPS) is 17.3. The molecule has 0 fully saturated rings. The molecule has 21 heavy (non-hydrogen) atoms. The summed E-state index contributed by atoms with van der Waals surface area (Å²) in [7, 11) is 0. The monoisotopic (exact) mass is 300 g/mol. The first-order valence-corrected chi connectivity index (χ1v) is 7.42. The van der Waals surface area contributed by atoms with Crippen molar-refractivity contribution in [1.29, 1.82) is 0 Å². The van der Waals surface area contributed by atoms with E-state index in [1.807, 2.05) is 19.9 Å². The lowest BCUT2D eigenvalue weighted by molar-refractivity contribution is -0.135. The first-order valence-electron chi connectivity index (χ1n) is 7.04. The Bertz CT molecular complexity index is 717. The van der Waals surface area contributed by atoms with E-state index in [9.17, 15) is 4.79 Å². The van der Waals surface area contributed by atoms with E-state index in [0.29, 0.717) is 12.2 Å². The molecule has 0 saturated heterocycles. The first-order chi connectivity index (χ1) is 9.97.